The van der Waals surface area contributed by atoms with Crippen LogP contribution >= 0.6 is 11.3 Å². The minimum Gasteiger partial charge on any atom is -0.497 e. The van der Waals surface area contributed by atoms with Crippen molar-refractivity contribution in [2.24, 2.45) is 4.99 Å². The molecule has 2 heterocycles. The van der Waals surface area contributed by atoms with Crippen molar-refractivity contribution in [3.8, 4) is 11.6 Å². The van der Waals surface area contributed by atoms with Crippen LogP contribution in [0.2, 0.25) is 0 Å². The van der Waals surface area contributed by atoms with Gasteiger partial charge in [0, 0.05) is 22.5 Å². The minimum absolute atomic E-state index is 0.237. The first-order valence-corrected chi connectivity index (χ1v) is 10.0. The Morgan fingerprint density at radius 2 is 1.97 bits per heavy atom. The smallest absolute Gasteiger partial charge is 0.311 e. The second kappa shape index (κ2) is 8.00. The van der Waals surface area contributed by atoms with Crippen LogP contribution in [-0.4, -0.2) is 28.4 Å². The number of carbonyl (C=O) groups excluding carboxylic acids is 1. The van der Waals surface area contributed by atoms with Gasteiger partial charge in [0.2, 0.25) is 11.8 Å². The first-order chi connectivity index (χ1) is 14.5. The number of nitrogens with one attached hydrogen (secondary N) is 1. The molecule has 1 amide bonds. The van der Waals surface area contributed by atoms with Crippen LogP contribution in [-0.2, 0) is 11.3 Å². The van der Waals surface area contributed by atoms with Crippen molar-refractivity contribution in [2.45, 2.75) is 13.5 Å². The number of methoxy groups -OCH3 is 1. The molecule has 0 bridgehead atoms. The first kappa shape index (κ1) is 19.7. The van der Waals surface area contributed by atoms with Crippen LogP contribution in [0, 0.1) is 0 Å². The molecule has 8 heteroatoms. The number of para-hydroxylation sites is 1. The summed E-state index contributed by atoms with van der Waals surface area (Å²) in [4.78, 5) is 29.3. The molecule has 3 aromatic rings. The zero-order chi connectivity index (χ0) is 21.3. The normalized spacial score (nSPS) is 13.8. The minimum atomic E-state index is -0.418. The van der Waals surface area contributed by atoms with Crippen LogP contribution in [0.1, 0.15) is 17.4 Å². The fourth-order valence-electron chi connectivity index (χ4n) is 3.21. The summed E-state index contributed by atoms with van der Waals surface area (Å²) >= 11 is 0.887. The summed E-state index contributed by atoms with van der Waals surface area (Å²) in [6, 6.07) is 14.5. The van der Waals surface area contributed by atoms with E-state index in [-0.39, 0.29) is 12.4 Å². The highest BCUT2D eigenvalue weighted by atomic mass is 32.1. The van der Waals surface area contributed by atoms with Gasteiger partial charge in [0.05, 0.1) is 17.7 Å². The molecular weight excluding hydrogens is 402 g/mol. The lowest BCUT2D eigenvalue weighted by Crippen LogP contribution is -2.24. The molecule has 0 radical (unpaired) electrons. The Morgan fingerprint density at radius 1 is 1.23 bits per heavy atom. The van der Waals surface area contributed by atoms with Gasteiger partial charge in [0.15, 0.2) is 0 Å². The number of ether oxygens (including phenoxy) is 1. The van der Waals surface area contributed by atoms with E-state index >= 15 is 0 Å². The lowest BCUT2D eigenvalue weighted by atomic mass is 10.0. The number of nitrogens with zero attached hydrogens (tertiary/aromatic N) is 2. The van der Waals surface area contributed by atoms with Gasteiger partial charge in [0.25, 0.3) is 0 Å². The number of aromatic hydroxyl groups is 1. The number of hydrogen-bond acceptors (Lipinski definition) is 6. The largest absolute Gasteiger partial charge is 0.497 e. The van der Waals surface area contributed by atoms with Crippen LogP contribution in [0.15, 0.2) is 58.3 Å². The standard InChI is InChI=1S/C22H19N3O4S/c1-13-17(16-5-3-4-6-18(16)23-13)11-19-21(27)25(22(28)30-19)12-20(26)24-14-7-9-15(29-2)10-8-14/h3-11,27H,12H2,1-2H3,(H,24,26). The molecule has 1 aliphatic heterocycles. The third-order valence-corrected chi connectivity index (χ3v) is 5.63. The molecule has 152 valence electrons. The van der Waals surface area contributed by atoms with Crippen molar-refractivity contribution in [1.82, 2.24) is 4.57 Å². The second-order valence-corrected chi connectivity index (χ2v) is 7.68. The van der Waals surface area contributed by atoms with Crippen LogP contribution in [0.5, 0.6) is 11.6 Å². The third kappa shape index (κ3) is 3.77. The molecule has 30 heavy (non-hydrogen) atoms. The van der Waals surface area contributed by atoms with E-state index in [0.29, 0.717) is 16.3 Å². The summed E-state index contributed by atoms with van der Waals surface area (Å²) in [6.45, 7) is 1.59. The Hall–Kier alpha value is -3.65. The molecule has 0 saturated heterocycles. The predicted molar refractivity (Wildman–Crippen MR) is 119 cm³/mol. The van der Waals surface area contributed by atoms with Gasteiger partial charge >= 0.3 is 4.87 Å². The Labute approximate surface area is 176 Å². The molecule has 2 aromatic carbocycles. The van der Waals surface area contributed by atoms with Gasteiger partial charge in [-0.2, -0.15) is 0 Å². The molecule has 0 spiro atoms. The molecule has 1 aromatic heterocycles. The van der Waals surface area contributed by atoms with E-state index in [0.717, 1.165) is 38.4 Å². The maximum absolute atomic E-state index is 12.4. The van der Waals surface area contributed by atoms with Gasteiger partial charge in [-0.3, -0.25) is 19.1 Å². The topological polar surface area (TPSA) is 92.9 Å². The summed E-state index contributed by atoms with van der Waals surface area (Å²) in [5, 5.41) is 13.3. The number of hydrogen-bond donors (Lipinski definition) is 2. The SMILES string of the molecule is COc1ccc(NC(=O)Cn2c(O)c(C=C3C(C)=Nc4ccccc43)sc2=O)cc1. The van der Waals surface area contributed by atoms with E-state index in [1.807, 2.05) is 31.2 Å². The van der Waals surface area contributed by atoms with Crippen molar-refractivity contribution < 1.29 is 14.6 Å². The molecule has 0 saturated carbocycles. The van der Waals surface area contributed by atoms with Crippen molar-refractivity contribution in [1.29, 1.82) is 0 Å². The first-order valence-electron chi connectivity index (χ1n) is 9.19. The highest BCUT2D eigenvalue weighted by Crippen LogP contribution is 2.37. The molecule has 1 aliphatic rings. The molecule has 0 atom stereocenters. The van der Waals surface area contributed by atoms with E-state index in [9.17, 15) is 14.7 Å². The fourth-order valence-corrected chi connectivity index (χ4v) is 4.04. The highest BCUT2D eigenvalue weighted by molar-refractivity contribution is 7.10. The zero-order valence-electron chi connectivity index (χ0n) is 16.4. The van der Waals surface area contributed by atoms with Gasteiger partial charge in [-0.15, -0.1) is 0 Å². The zero-order valence-corrected chi connectivity index (χ0v) is 17.2. The van der Waals surface area contributed by atoms with Crippen LogP contribution < -0.4 is 14.9 Å². The van der Waals surface area contributed by atoms with E-state index in [4.69, 9.17) is 4.74 Å². The van der Waals surface area contributed by atoms with Crippen molar-refractivity contribution >= 4 is 46.0 Å². The van der Waals surface area contributed by atoms with E-state index < -0.39 is 10.8 Å². The molecule has 0 fully saturated rings. The lowest BCUT2D eigenvalue weighted by molar-refractivity contribution is -0.116. The van der Waals surface area contributed by atoms with E-state index in [2.05, 4.69) is 10.3 Å². The quantitative estimate of drug-likeness (QED) is 0.653. The number of benzene rings is 2. The Morgan fingerprint density at radius 3 is 2.70 bits per heavy atom. The number of carbonyl (C=O) groups is 1. The predicted octanol–water partition coefficient (Wildman–Crippen LogP) is 3.91. The monoisotopic (exact) mass is 421 g/mol. The molecule has 2 N–H and O–H groups in total. The number of anilines is 1. The van der Waals surface area contributed by atoms with Gasteiger partial charge in [-0.05, 0) is 43.3 Å². The Balaban J connectivity index is 1.56. The molecule has 0 unspecified atom stereocenters. The molecule has 0 aliphatic carbocycles. The van der Waals surface area contributed by atoms with Crippen LogP contribution in [0.25, 0.3) is 11.6 Å². The average molecular weight is 421 g/mol. The van der Waals surface area contributed by atoms with Crippen LogP contribution in [0.3, 0.4) is 0 Å². The van der Waals surface area contributed by atoms with Crippen molar-refractivity contribution in [2.75, 3.05) is 12.4 Å². The number of allylic oxidation sites excluding steroid dienone is 1. The summed E-state index contributed by atoms with van der Waals surface area (Å²) < 4.78 is 6.14. The summed E-state index contributed by atoms with van der Waals surface area (Å²) in [5.74, 6) is 0.0165. The van der Waals surface area contributed by atoms with E-state index in [1.54, 1.807) is 37.5 Å². The maximum atomic E-state index is 12.4. The average Bonchev–Trinajstić information content (AvgIpc) is 3.19. The molecule has 7 nitrogen and oxygen atoms in total. The maximum Gasteiger partial charge on any atom is 0.311 e. The number of aliphatic imine (C=N–C) groups is 1. The third-order valence-electron chi connectivity index (χ3n) is 4.72. The fraction of sp³-hybridized carbons (Fsp3) is 0.136. The van der Waals surface area contributed by atoms with Crippen molar-refractivity contribution in [3.05, 3.63) is 68.6 Å². The molecular formula is C22H19N3O4S. The summed E-state index contributed by atoms with van der Waals surface area (Å²) in [6.07, 6.45) is 1.74. The van der Waals surface area contributed by atoms with Gasteiger partial charge in [-0.1, -0.05) is 29.5 Å². The molecule has 4 rings (SSSR count). The number of thiazole rings is 1. The second-order valence-electron chi connectivity index (χ2n) is 6.69. The Bertz CT molecular complexity index is 1240. The number of aromatic nitrogens is 1. The van der Waals surface area contributed by atoms with Gasteiger partial charge in [0.1, 0.15) is 12.3 Å². The van der Waals surface area contributed by atoms with Crippen molar-refractivity contribution in [3.63, 3.8) is 0 Å². The lowest BCUT2D eigenvalue weighted by Gasteiger charge is -2.07. The number of fused-ring (bicyclic) bond motifs is 1. The van der Waals surface area contributed by atoms with Crippen LogP contribution in [0.4, 0.5) is 11.4 Å². The van der Waals surface area contributed by atoms with E-state index in [1.165, 1.54) is 0 Å². The number of rotatable bonds is 5. The number of amides is 1. The van der Waals surface area contributed by atoms with Gasteiger partial charge in [-0.25, -0.2) is 0 Å². The summed E-state index contributed by atoms with van der Waals surface area (Å²) in [7, 11) is 1.56. The Kier molecular flexibility index (Phi) is 5.24. The highest BCUT2D eigenvalue weighted by Gasteiger charge is 2.20. The van der Waals surface area contributed by atoms with Gasteiger partial charge < -0.3 is 15.2 Å². The summed E-state index contributed by atoms with van der Waals surface area (Å²) in [5.41, 5.74) is 4.02.